The second-order valence-corrected chi connectivity index (χ2v) is 10.5. The van der Waals surface area contributed by atoms with E-state index in [0.717, 1.165) is 35.2 Å². The van der Waals surface area contributed by atoms with Crippen molar-refractivity contribution in [2.24, 2.45) is 4.99 Å². The second-order valence-electron chi connectivity index (χ2n) is 9.48. The molecule has 3 aromatic carbocycles. The molecule has 0 bridgehead atoms. The van der Waals surface area contributed by atoms with E-state index in [1.807, 2.05) is 22.8 Å². The number of ether oxygens (including phenoxy) is 3. The Labute approximate surface area is 224 Å². The SMILES string of the molecule is COc1cc(C=c2sc3n(c2=O)C(c2ccc(C)cc2)C2=C(N=3)c3ccccc3CC2)cc(OC)c1OC. The molecule has 1 unspecified atom stereocenters. The Morgan fingerprint density at radius 3 is 2.34 bits per heavy atom. The third-order valence-electron chi connectivity index (χ3n) is 7.25. The minimum Gasteiger partial charge on any atom is -0.493 e. The van der Waals surface area contributed by atoms with Crippen LogP contribution in [0.4, 0.5) is 0 Å². The molecule has 0 N–H and O–H groups in total. The molecule has 0 radical (unpaired) electrons. The van der Waals surface area contributed by atoms with Gasteiger partial charge in [0.2, 0.25) is 5.75 Å². The fourth-order valence-corrected chi connectivity index (χ4v) is 6.41. The molecule has 0 fully saturated rings. The van der Waals surface area contributed by atoms with Gasteiger partial charge >= 0.3 is 0 Å². The molecule has 1 aliphatic heterocycles. The largest absolute Gasteiger partial charge is 0.493 e. The monoisotopic (exact) mass is 524 g/mol. The molecule has 4 aromatic rings. The smallest absolute Gasteiger partial charge is 0.271 e. The molecule has 38 heavy (non-hydrogen) atoms. The highest BCUT2D eigenvalue weighted by Crippen LogP contribution is 2.41. The average molecular weight is 525 g/mol. The lowest BCUT2D eigenvalue weighted by atomic mass is 9.83. The number of fused-ring (bicyclic) bond motifs is 3. The van der Waals surface area contributed by atoms with Crippen LogP contribution in [0.25, 0.3) is 11.8 Å². The highest BCUT2D eigenvalue weighted by molar-refractivity contribution is 7.07. The number of aryl methyl sites for hydroxylation is 2. The van der Waals surface area contributed by atoms with E-state index in [9.17, 15) is 4.79 Å². The first-order chi connectivity index (χ1) is 18.5. The van der Waals surface area contributed by atoms with Gasteiger partial charge < -0.3 is 14.2 Å². The minimum absolute atomic E-state index is 0.0570. The van der Waals surface area contributed by atoms with E-state index in [2.05, 4.69) is 55.5 Å². The Hall–Kier alpha value is -4.10. The number of methoxy groups -OCH3 is 3. The van der Waals surface area contributed by atoms with Crippen LogP contribution in [0.3, 0.4) is 0 Å². The predicted octanol–water partition coefficient (Wildman–Crippen LogP) is 4.65. The van der Waals surface area contributed by atoms with E-state index in [4.69, 9.17) is 19.2 Å². The molecular weight excluding hydrogens is 496 g/mol. The van der Waals surface area contributed by atoms with E-state index < -0.39 is 0 Å². The van der Waals surface area contributed by atoms with Crippen molar-refractivity contribution in [1.29, 1.82) is 0 Å². The maximum atomic E-state index is 14.0. The first-order valence-corrected chi connectivity index (χ1v) is 13.3. The highest BCUT2D eigenvalue weighted by atomic mass is 32.1. The van der Waals surface area contributed by atoms with Gasteiger partial charge in [-0.15, -0.1) is 0 Å². The molecule has 1 atom stereocenters. The van der Waals surface area contributed by atoms with Gasteiger partial charge in [-0.25, -0.2) is 4.99 Å². The summed E-state index contributed by atoms with van der Waals surface area (Å²) in [6, 6.07) is 20.4. The van der Waals surface area contributed by atoms with Gasteiger partial charge in [0.15, 0.2) is 16.3 Å². The van der Waals surface area contributed by atoms with Crippen molar-refractivity contribution in [3.05, 3.63) is 114 Å². The van der Waals surface area contributed by atoms with E-state index in [0.29, 0.717) is 26.6 Å². The zero-order valence-electron chi connectivity index (χ0n) is 21.8. The number of rotatable bonds is 5. The predicted molar refractivity (Wildman–Crippen MR) is 150 cm³/mol. The zero-order valence-corrected chi connectivity index (χ0v) is 22.6. The van der Waals surface area contributed by atoms with E-state index >= 15 is 0 Å². The van der Waals surface area contributed by atoms with Crippen LogP contribution in [-0.2, 0) is 6.42 Å². The summed E-state index contributed by atoms with van der Waals surface area (Å²) in [5.41, 5.74) is 7.66. The fourth-order valence-electron chi connectivity index (χ4n) is 5.41. The maximum absolute atomic E-state index is 14.0. The summed E-state index contributed by atoms with van der Waals surface area (Å²) in [7, 11) is 4.74. The van der Waals surface area contributed by atoms with E-state index in [1.54, 1.807) is 21.3 Å². The quantitative estimate of drug-likeness (QED) is 0.381. The van der Waals surface area contributed by atoms with Crippen LogP contribution < -0.4 is 29.1 Å². The van der Waals surface area contributed by atoms with Crippen LogP contribution in [-0.4, -0.2) is 25.9 Å². The Balaban J connectivity index is 1.59. The standard InChI is InChI=1S/C31H28N2O4S/c1-18-9-11-21(12-10-18)28-23-14-13-20-7-5-6-8-22(20)27(23)32-31-33(28)30(34)26(38-31)17-19-15-24(35-2)29(37-4)25(16-19)36-3/h5-12,15-17,28H,13-14H2,1-4H3. The number of hydrogen-bond donors (Lipinski definition) is 0. The Bertz CT molecular complexity index is 1740. The van der Waals surface area contributed by atoms with Crippen molar-refractivity contribution < 1.29 is 14.2 Å². The number of allylic oxidation sites excluding steroid dienone is 1. The topological polar surface area (TPSA) is 62.1 Å². The lowest BCUT2D eigenvalue weighted by molar-refractivity contribution is 0.324. The molecule has 1 aromatic heterocycles. The third kappa shape index (κ3) is 3.94. The fraction of sp³-hybridized carbons (Fsp3) is 0.226. The van der Waals surface area contributed by atoms with Gasteiger partial charge in [0.05, 0.1) is 37.6 Å². The number of hydrogen-bond acceptors (Lipinski definition) is 6. The van der Waals surface area contributed by atoms with Crippen molar-refractivity contribution in [3.8, 4) is 17.2 Å². The van der Waals surface area contributed by atoms with Gasteiger partial charge in [-0.3, -0.25) is 9.36 Å². The summed E-state index contributed by atoms with van der Waals surface area (Å²) in [6.07, 6.45) is 3.67. The Morgan fingerprint density at radius 2 is 1.66 bits per heavy atom. The Morgan fingerprint density at radius 1 is 0.947 bits per heavy atom. The van der Waals surface area contributed by atoms with Crippen LogP contribution in [0.15, 0.2) is 76.0 Å². The molecule has 2 aliphatic rings. The molecule has 0 amide bonds. The summed E-state index contributed by atoms with van der Waals surface area (Å²) in [6.45, 7) is 2.08. The molecule has 1 aliphatic carbocycles. The number of aromatic nitrogens is 1. The lowest BCUT2D eigenvalue weighted by Crippen LogP contribution is -2.38. The van der Waals surface area contributed by atoms with Crippen LogP contribution in [0.2, 0.25) is 0 Å². The van der Waals surface area contributed by atoms with Gasteiger partial charge in [-0.05, 0) is 60.2 Å². The van der Waals surface area contributed by atoms with E-state index in [1.165, 1.54) is 28.0 Å². The number of benzene rings is 3. The Kier molecular flexibility index (Phi) is 6.16. The van der Waals surface area contributed by atoms with E-state index in [-0.39, 0.29) is 11.6 Å². The molecular formula is C31H28N2O4S. The summed E-state index contributed by atoms with van der Waals surface area (Å²) >= 11 is 1.41. The summed E-state index contributed by atoms with van der Waals surface area (Å²) in [4.78, 5) is 19.8. The van der Waals surface area contributed by atoms with Gasteiger partial charge in [0.1, 0.15) is 0 Å². The molecule has 2 heterocycles. The van der Waals surface area contributed by atoms with Crippen LogP contribution >= 0.6 is 11.3 Å². The van der Waals surface area contributed by atoms with Gasteiger partial charge in [-0.2, -0.15) is 0 Å². The molecule has 0 saturated heterocycles. The van der Waals surface area contributed by atoms with Crippen LogP contribution in [0.5, 0.6) is 17.2 Å². The highest BCUT2D eigenvalue weighted by Gasteiger charge is 2.32. The normalized spacial score (nSPS) is 16.3. The first-order valence-electron chi connectivity index (χ1n) is 12.5. The van der Waals surface area contributed by atoms with Crippen molar-refractivity contribution in [1.82, 2.24) is 4.57 Å². The molecule has 6 rings (SSSR count). The number of nitrogens with zero attached hydrogens (tertiary/aromatic N) is 2. The second kappa shape index (κ2) is 9.65. The van der Waals surface area contributed by atoms with Gasteiger partial charge in [0.25, 0.3) is 5.56 Å². The van der Waals surface area contributed by atoms with Crippen molar-refractivity contribution in [3.63, 3.8) is 0 Å². The third-order valence-corrected chi connectivity index (χ3v) is 8.23. The zero-order chi connectivity index (χ0) is 26.4. The number of thiazole rings is 1. The lowest BCUT2D eigenvalue weighted by Gasteiger charge is -2.30. The maximum Gasteiger partial charge on any atom is 0.271 e. The van der Waals surface area contributed by atoms with Crippen LogP contribution in [0.1, 0.15) is 40.3 Å². The molecule has 192 valence electrons. The average Bonchev–Trinajstić information content (AvgIpc) is 3.25. The van der Waals surface area contributed by atoms with Crippen molar-refractivity contribution in [2.45, 2.75) is 25.8 Å². The van der Waals surface area contributed by atoms with Crippen LogP contribution in [0, 0.1) is 6.92 Å². The first kappa shape index (κ1) is 24.2. The molecule has 7 heteroatoms. The summed E-state index contributed by atoms with van der Waals surface area (Å²) < 4.78 is 19.0. The van der Waals surface area contributed by atoms with Gasteiger partial charge in [0, 0.05) is 5.56 Å². The minimum atomic E-state index is -0.197. The molecule has 0 saturated carbocycles. The van der Waals surface area contributed by atoms with Crippen molar-refractivity contribution in [2.75, 3.05) is 21.3 Å². The molecule has 0 spiro atoms. The molecule has 6 nitrogen and oxygen atoms in total. The van der Waals surface area contributed by atoms with Crippen molar-refractivity contribution >= 4 is 23.1 Å². The van der Waals surface area contributed by atoms with Gasteiger partial charge in [-0.1, -0.05) is 65.4 Å². The summed E-state index contributed by atoms with van der Waals surface area (Å²) in [5.74, 6) is 1.59. The summed E-state index contributed by atoms with van der Waals surface area (Å²) in [5, 5.41) is 0.